The van der Waals surface area contributed by atoms with Crippen LogP contribution in [0, 0.1) is 6.92 Å². The van der Waals surface area contributed by atoms with E-state index in [2.05, 4.69) is 52.3 Å². The zero-order valence-corrected chi connectivity index (χ0v) is 17.1. The minimum atomic E-state index is 0.284. The molecule has 28 heavy (non-hydrogen) atoms. The maximum Gasteiger partial charge on any atom is 0.224 e. The number of aryl methyl sites for hydroxylation is 2. The van der Waals surface area contributed by atoms with Crippen molar-refractivity contribution < 1.29 is 4.79 Å². The molecule has 0 aliphatic carbocycles. The van der Waals surface area contributed by atoms with Crippen molar-refractivity contribution in [1.29, 1.82) is 0 Å². The minimum Gasteiger partial charge on any atom is -0.338 e. The number of hydrogen-bond donors (Lipinski definition) is 0. The Morgan fingerprint density at radius 1 is 1.11 bits per heavy atom. The number of carbonyl (C=O) groups is 1. The topological polar surface area (TPSA) is 41.4 Å². The molecule has 2 aliphatic rings. The average molecular weight is 381 g/mol. The lowest BCUT2D eigenvalue weighted by Gasteiger charge is -2.48. The molecule has 0 spiro atoms. The lowest BCUT2D eigenvalue weighted by molar-refractivity contribution is -0.137. The molecule has 0 N–H and O–H groups in total. The molecule has 5 heteroatoms. The first-order valence-corrected chi connectivity index (χ1v) is 10.7. The third-order valence-corrected chi connectivity index (χ3v) is 6.67. The number of likely N-dealkylation sites (N-methyl/N-ethyl adjacent to an activating group) is 1. The second-order valence-electron chi connectivity index (χ2n) is 8.37. The first kappa shape index (κ1) is 19.2. The molecule has 3 heterocycles. The van der Waals surface area contributed by atoms with E-state index in [1.165, 1.54) is 18.4 Å². The predicted molar refractivity (Wildman–Crippen MR) is 111 cm³/mol. The number of fused-ring (bicyclic) bond motifs is 1. The lowest BCUT2D eigenvalue weighted by Crippen LogP contribution is -2.58. The number of benzene rings is 1. The molecule has 0 radical (unpaired) electrons. The number of piperidine rings is 1. The minimum absolute atomic E-state index is 0.284. The summed E-state index contributed by atoms with van der Waals surface area (Å²) in [6.07, 6.45) is 6.93. The van der Waals surface area contributed by atoms with Crippen LogP contribution in [0.25, 0.3) is 0 Å². The smallest absolute Gasteiger partial charge is 0.224 e. The van der Waals surface area contributed by atoms with Crippen LogP contribution in [0.2, 0.25) is 0 Å². The van der Waals surface area contributed by atoms with E-state index in [1.54, 1.807) is 6.20 Å². The van der Waals surface area contributed by atoms with Gasteiger partial charge in [-0.15, -0.1) is 0 Å². The van der Waals surface area contributed by atoms with Crippen molar-refractivity contribution in [1.82, 2.24) is 19.6 Å². The summed E-state index contributed by atoms with van der Waals surface area (Å²) in [5, 5.41) is 4.33. The highest BCUT2D eigenvalue weighted by Gasteiger charge is 2.43. The second-order valence-corrected chi connectivity index (χ2v) is 8.37. The van der Waals surface area contributed by atoms with Gasteiger partial charge in [-0.3, -0.25) is 9.48 Å². The number of likely N-dealkylation sites (tertiary alicyclic amines) is 2. The van der Waals surface area contributed by atoms with Crippen molar-refractivity contribution in [2.45, 2.75) is 63.6 Å². The van der Waals surface area contributed by atoms with Crippen molar-refractivity contribution >= 4 is 5.91 Å². The van der Waals surface area contributed by atoms with Crippen LogP contribution >= 0.6 is 0 Å². The van der Waals surface area contributed by atoms with Crippen molar-refractivity contribution in [2.24, 2.45) is 0 Å². The Bertz CT molecular complexity index is 787. The van der Waals surface area contributed by atoms with Gasteiger partial charge >= 0.3 is 0 Å². The Morgan fingerprint density at radius 3 is 2.68 bits per heavy atom. The van der Waals surface area contributed by atoms with Gasteiger partial charge in [-0.1, -0.05) is 36.8 Å². The molecule has 0 bridgehead atoms. The van der Waals surface area contributed by atoms with E-state index in [4.69, 9.17) is 0 Å². The van der Waals surface area contributed by atoms with Crippen LogP contribution < -0.4 is 0 Å². The fourth-order valence-corrected chi connectivity index (χ4v) is 5.21. The Balaban J connectivity index is 1.53. The third kappa shape index (κ3) is 3.86. The molecule has 1 aromatic carbocycles. The van der Waals surface area contributed by atoms with Crippen molar-refractivity contribution in [3.05, 3.63) is 53.9 Å². The number of aromatic nitrogens is 2. The molecule has 0 unspecified atom stereocenters. The van der Waals surface area contributed by atoms with Crippen LogP contribution in [0.5, 0.6) is 0 Å². The lowest BCUT2D eigenvalue weighted by atomic mass is 9.79. The molecule has 2 saturated heterocycles. The van der Waals surface area contributed by atoms with Gasteiger partial charge in [0, 0.05) is 49.4 Å². The molecular weight excluding hydrogens is 348 g/mol. The van der Waals surface area contributed by atoms with Crippen LogP contribution in [0.3, 0.4) is 0 Å². The van der Waals surface area contributed by atoms with Crippen molar-refractivity contribution in [3.63, 3.8) is 0 Å². The van der Waals surface area contributed by atoms with Gasteiger partial charge in [0.15, 0.2) is 0 Å². The largest absolute Gasteiger partial charge is 0.338 e. The fraction of sp³-hybridized carbons (Fsp3) is 0.565. The Hall–Kier alpha value is -2.14. The summed E-state index contributed by atoms with van der Waals surface area (Å²) in [5.41, 5.74) is 2.54. The molecule has 150 valence electrons. The number of hydrogen-bond acceptors (Lipinski definition) is 3. The van der Waals surface area contributed by atoms with Gasteiger partial charge in [0.25, 0.3) is 0 Å². The standard InChI is InChI=1S/C23H32N4O/c1-18-11-14-24-27(18)17-13-22(28)26-16-12-20(19-8-4-3-5-9-19)23-21(26)10-6-7-15-25(23)2/h3-5,8-9,11,14,20-21,23H,6-7,10,12-13,15-17H2,1-2H3/t20-,21-,23-/m1/s1. The SMILES string of the molecule is Cc1ccnn1CCC(=O)N1CC[C@H](c2ccccc2)[C@@H]2[C@H]1CCCCN2C. The molecule has 1 amide bonds. The molecule has 0 saturated carbocycles. The molecule has 1 aromatic heterocycles. The molecular formula is C23H32N4O. The van der Waals surface area contributed by atoms with Gasteiger partial charge in [-0.05, 0) is 51.4 Å². The quantitative estimate of drug-likeness (QED) is 0.816. The maximum absolute atomic E-state index is 13.2. The highest BCUT2D eigenvalue weighted by atomic mass is 16.2. The molecule has 2 fully saturated rings. The number of rotatable bonds is 4. The Labute approximate surface area is 168 Å². The van der Waals surface area contributed by atoms with E-state index in [-0.39, 0.29) is 5.91 Å². The van der Waals surface area contributed by atoms with Crippen LogP contribution in [0.1, 0.15) is 49.3 Å². The third-order valence-electron chi connectivity index (χ3n) is 6.67. The van der Waals surface area contributed by atoms with Gasteiger partial charge < -0.3 is 9.80 Å². The normalized spacial score (nSPS) is 25.9. The van der Waals surface area contributed by atoms with Crippen LogP contribution in [0.4, 0.5) is 0 Å². The van der Waals surface area contributed by atoms with E-state index in [0.717, 1.165) is 31.6 Å². The fourth-order valence-electron chi connectivity index (χ4n) is 5.21. The summed E-state index contributed by atoms with van der Waals surface area (Å²) in [7, 11) is 2.25. The summed E-state index contributed by atoms with van der Waals surface area (Å²) < 4.78 is 1.94. The molecule has 5 nitrogen and oxygen atoms in total. The van der Waals surface area contributed by atoms with E-state index < -0.39 is 0 Å². The summed E-state index contributed by atoms with van der Waals surface area (Å²) in [6.45, 7) is 4.70. The summed E-state index contributed by atoms with van der Waals surface area (Å²) >= 11 is 0. The molecule has 3 atom stereocenters. The molecule has 2 aromatic rings. The van der Waals surface area contributed by atoms with E-state index >= 15 is 0 Å². The summed E-state index contributed by atoms with van der Waals surface area (Å²) in [4.78, 5) is 17.9. The van der Waals surface area contributed by atoms with Crippen molar-refractivity contribution in [2.75, 3.05) is 20.1 Å². The number of carbonyl (C=O) groups excluding carboxylic acids is 1. The monoisotopic (exact) mass is 380 g/mol. The highest BCUT2D eigenvalue weighted by Crippen LogP contribution is 2.38. The van der Waals surface area contributed by atoms with Crippen LogP contribution in [-0.2, 0) is 11.3 Å². The zero-order valence-electron chi connectivity index (χ0n) is 17.1. The maximum atomic E-state index is 13.2. The van der Waals surface area contributed by atoms with Crippen LogP contribution in [-0.4, -0.2) is 57.7 Å². The predicted octanol–water partition coefficient (Wildman–Crippen LogP) is 3.45. The summed E-state index contributed by atoms with van der Waals surface area (Å²) in [5.74, 6) is 0.790. The van der Waals surface area contributed by atoms with Gasteiger partial charge in [-0.2, -0.15) is 5.10 Å². The van der Waals surface area contributed by atoms with E-state index in [9.17, 15) is 4.79 Å². The number of nitrogens with zero attached hydrogens (tertiary/aromatic N) is 4. The Kier molecular flexibility index (Phi) is 5.81. The van der Waals surface area contributed by atoms with Crippen molar-refractivity contribution in [3.8, 4) is 0 Å². The first-order chi connectivity index (χ1) is 13.6. The first-order valence-electron chi connectivity index (χ1n) is 10.7. The Morgan fingerprint density at radius 2 is 1.93 bits per heavy atom. The van der Waals surface area contributed by atoms with Gasteiger partial charge in [0.2, 0.25) is 5.91 Å². The molecule has 4 rings (SSSR count). The van der Waals surface area contributed by atoms with E-state index in [0.29, 0.717) is 31.0 Å². The highest BCUT2D eigenvalue weighted by molar-refractivity contribution is 5.76. The van der Waals surface area contributed by atoms with E-state index in [1.807, 2.05) is 17.7 Å². The molecule has 2 aliphatic heterocycles. The second kappa shape index (κ2) is 8.48. The van der Waals surface area contributed by atoms with Gasteiger partial charge in [0.1, 0.15) is 0 Å². The number of amides is 1. The van der Waals surface area contributed by atoms with Gasteiger partial charge in [0.05, 0.1) is 0 Å². The average Bonchev–Trinajstić information content (AvgIpc) is 3.03. The zero-order chi connectivity index (χ0) is 19.5. The van der Waals surface area contributed by atoms with Gasteiger partial charge in [-0.25, -0.2) is 0 Å². The van der Waals surface area contributed by atoms with Crippen LogP contribution in [0.15, 0.2) is 42.6 Å². The summed E-state index contributed by atoms with van der Waals surface area (Å²) in [6, 6.07) is 13.6.